The molecule has 0 saturated heterocycles. The molecule has 0 saturated carbocycles. The smallest absolute Gasteiger partial charge is 0.124 e. The van der Waals surface area contributed by atoms with Gasteiger partial charge in [0.25, 0.3) is 0 Å². The van der Waals surface area contributed by atoms with Crippen molar-refractivity contribution in [2.75, 3.05) is 26.8 Å². The first kappa shape index (κ1) is 13.3. The lowest BCUT2D eigenvalue weighted by atomic mass is 10.2. The highest BCUT2D eigenvalue weighted by atomic mass is 16.5. The molecule has 0 amide bonds. The number of rotatable bonds is 7. The monoisotopic (exact) mass is 234 g/mol. The van der Waals surface area contributed by atoms with Crippen LogP contribution >= 0.6 is 0 Å². The Labute approximate surface area is 102 Å². The van der Waals surface area contributed by atoms with Crippen LogP contribution in [0, 0.1) is 11.3 Å². The van der Waals surface area contributed by atoms with Crippen LogP contribution in [0.2, 0.25) is 0 Å². The number of hydrogen-bond acceptors (Lipinski definition) is 4. The average Bonchev–Trinajstić information content (AvgIpc) is 2.38. The van der Waals surface area contributed by atoms with Crippen LogP contribution in [0.4, 0.5) is 0 Å². The predicted octanol–water partition coefficient (Wildman–Crippen LogP) is 1.95. The van der Waals surface area contributed by atoms with Crippen LogP contribution in [0.1, 0.15) is 18.9 Å². The van der Waals surface area contributed by atoms with E-state index in [-0.39, 0.29) is 0 Å². The van der Waals surface area contributed by atoms with E-state index >= 15 is 0 Å². The predicted molar refractivity (Wildman–Crippen MR) is 66.4 cm³/mol. The minimum absolute atomic E-state index is 0.547. The fourth-order valence-corrected chi connectivity index (χ4v) is 1.40. The summed E-state index contributed by atoms with van der Waals surface area (Å²) >= 11 is 0. The molecule has 0 radical (unpaired) electrons. The summed E-state index contributed by atoms with van der Waals surface area (Å²) in [6.45, 7) is 4.61. The van der Waals surface area contributed by atoms with E-state index in [0.29, 0.717) is 23.7 Å². The zero-order valence-electron chi connectivity index (χ0n) is 10.3. The van der Waals surface area contributed by atoms with Gasteiger partial charge in [-0.3, -0.25) is 0 Å². The van der Waals surface area contributed by atoms with Gasteiger partial charge in [-0.2, -0.15) is 5.26 Å². The van der Waals surface area contributed by atoms with E-state index in [4.69, 9.17) is 14.7 Å². The maximum absolute atomic E-state index is 8.85. The summed E-state index contributed by atoms with van der Waals surface area (Å²) in [6.07, 6.45) is 0.937. The molecular weight excluding hydrogens is 216 g/mol. The van der Waals surface area contributed by atoms with Gasteiger partial charge in [-0.25, -0.2) is 0 Å². The largest absolute Gasteiger partial charge is 0.497 e. The van der Waals surface area contributed by atoms with Crippen LogP contribution in [-0.2, 0) is 0 Å². The van der Waals surface area contributed by atoms with Gasteiger partial charge in [0, 0.05) is 6.07 Å². The van der Waals surface area contributed by atoms with E-state index in [2.05, 4.69) is 18.3 Å². The lowest BCUT2D eigenvalue weighted by Crippen LogP contribution is -2.16. The van der Waals surface area contributed by atoms with Crippen molar-refractivity contribution < 1.29 is 9.47 Å². The highest BCUT2D eigenvalue weighted by molar-refractivity contribution is 5.43. The van der Waals surface area contributed by atoms with Crippen molar-refractivity contribution in [3.05, 3.63) is 23.8 Å². The van der Waals surface area contributed by atoms with Crippen molar-refractivity contribution in [1.29, 1.82) is 5.26 Å². The topological polar surface area (TPSA) is 54.3 Å². The Hall–Kier alpha value is -1.73. The second-order valence-electron chi connectivity index (χ2n) is 3.56. The van der Waals surface area contributed by atoms with Gasteiger partial charge in [0.1, 0.15) is 11.5 Å². The van der Waals surface area contributed by atoms with Crippen molar-refractivity contribution in [3.63, 3.8) is 0 Å². The summed E-state index contributed by atoms with van der Waals surface area (Å²) in [7, 11) is 1.57. The van der Waals surface area contributed by atoms with Gasteiger partial charge >= 0.3 is 0 Å². The Balaban J connectivity index is 2.50. The quantitative estimate of drug-likeness (QED) is 0.733. The zero-order valence-corrected chi connectivity index (χ0v) is 10.3. The molecule has 92 valence electrons. The first-order valence-electron chi connectivity index (χ1n) is 5.73. The highest BCUT2D eigenvalue weighted by Gasteiger charge is 2.01. The van der Waals surface area contributed by atoms with Crippen molar-refractivity contribution in [2.24, 2.45) is 0 Å². The highest BCUT2D eigenvalue weighted by Crippen LogP contribution is 2.22. The molecule has 0 bridgehead atoms. The number of benzene rings is 1. The molecule has 0 aliphatic carbocycles. The fraction of sp³-hybridized carbons (Fsp3) is 0.462. The normalized spacial score (nSPS) is 9.71. The third-order valence-electron chi connectivity index (χ3n) is 2.26. The second-order valence-corrected chi connectivity index (χ2v) is 3.56. The average molecular weight is 234 g/mol. The molecule has 4 nitrogen and oxygen atoms in total. The van der Waals surface area contributed by atoms with Crippen molar-refractivity contribution in [1.82, 2.24) is 5.32 Å². The molecule has 0 atom stereocenters. The molecule has 17 heavy (non-hydrogen) atoms. The molecule has 0 spiro atoms. The van der Waals surface area contributed by atoms with E-state index in [1.807, 2.05) is 0 Å². The lowest BCUT2D eigenvalue weighted by Gasteiger charge is -2.08. The summed E-state index contributed by atoms with van der Waals surface area (Å²) in [4.78, 5) is 0. The van der Waals surface area contributed by atoms with Gasteiger partial charge in [-0.15, -0.1) is 0 Å². The molecule has 1 rings (SSSR count). The molecule has 1 N–H and O–H groups in total. The van der Waals surface area contributed by atoms with Gasteiger partial charge in [0.2, 0.25) is 0 Å². The minimum Gasteiger partial charge on any atom is -0.497 e. The Morgan fingerprint density at radius 3 is 2.71 bits per heavy atom. The maximum atomic E-state index is 8.85. The van der Waals surface area contributed by atoms with Crippen molar-refractivity contribution >= 4 is 0 Å². The second kappa shape index (κ2) is 7.53. The Morgan fingerprint density at radius 1 is 1.29 bits per heavy atom. The van der Waals surface area contributed by atoms with Gasteiger partial charge in [-0.05, 0) is 31.6 Å². The minimum atomic E-state index is 0.547. The number of nitriles is 1. The Kier molecular flexibility index (Phi) is 5.91. The number of nitrogens with zero attached hydrogens (tertiary/aromatic N) is 1. The van der Waals surface area contributed by atoms with Gasteiger partial charge in [-0.1, -0.05) is 6.92 Å². The Bertz CT molecular complexity index is 385. The first-order chi connectivity index (χ1) is 8.30. The number of nitrogens with one attached hydrogen (secondary N) is 1. The summed E-state index contributed by atoms with van der Waals surface area (Å²) in [5.41, 5.74) is 0.547. The molecule has 0 aliphatic heterocycles. The maximum Gasteiger partial charge on any atom is 0.124 e. The molecule has 0 fully saturated rings. The van der Waals surface area contributed by atoms with Crippen LogP contribution in [0.3, 0.4) is 0 Å². The van der Waals surface area contributed by atoms with Gasteiger partial charge < -0.3 is 14.8 Å². The lowest BCUT2D eigenvalue weighted by molar-refractivity contribution is 0.306. The molecule has 0 aliphatic rings. The van der Waals surface area contributed by atoms with Crippen molar-refractivity contribution in [3.8, 4) is 17.6 Å². The van der Waals surface area contributed by atoms with E-state index in [1.165, 1.54) is 0 Å². The molecule has 0 heterocycles. The molecule has 1 aromatic rings. The zero-order chi connectivity index (χ0) is 12.5. The number of hydrogen-bond donors (Lipinski definition) is 1. The summed E-state index contributed by atoms with van der Waals surface area (Å²) < 4.78 is 10.7. The van der Waals surface area contributed by atoms with E-state index in [0.717, 1.165) is 19.5 Å². The first-order valence-corrected chi connectivity index (χ1v) is 5.73. The number of methoxy groups -OCH3 is 1. The molecule has 0 unspecified atom stereocenters. The van der Waals surface area contributed by atoms with Crippen LogP contribution < -0.4 is 14.8 Å². The molecule has 4 heteroatoms. The van der Waals surface area contributed by atoms with Gasteiger partial charge in [0.15, 0.2) is 0 Å². The fourth-order valence-electron chi connectivity index (χ4n) is 1.40. The SMILES string of the molecule is CCNCCCOc1cc(C#N)cc(OC)c1. The summed E-state index contributed by atoms with van der Waals surface area (Å²) in [5, 5.41) is 12.1. The van der Waals surface area contributed by atoms with E-state index in [9.17, 15) is 0 Å². The van der Waals surface area contributed by atoms with E-state index < -0.39 is 0 Å². The standard InChI is InChI=1S/C13H18N2O2/c1-3-15-5-4-6-17-13-8-11(10-14)7-12(9-13)16-2/h7-9,15H,3-6H2,1-2H3. The third kappa shape index (κ3) is 4.75. The Morgan fingerprint density at radius 2 is 2.06 bits per heavy atom. The van der Waals surface area contributed by atoms with Crippen LogP contribution in [-0.4, -0.2) is 26.8 Å². The van der Waals surface area contributed by atoms with E-state index in [1.54, 1.807) is 25.3 Å². The van der Waals surface area contributed by atoms with Crippen molar-refractivity contribution in [2.45, 2.75) is 13.3 Å². The summed E-state index contributed by atoms with van der Waals surface area (Å²) in [6, 6.07) is 7.27. The van der Waals surface area contributed by atoms with Crippen LogP contribution in [0.5, 0.6) is 11.5 Å². The van der Waals surface area contributed by atoms with Gasteiger partial charge in [0.05, 0.1) is 25.3 Å². The molecular formula is C13H18N2O2. The third-order valence-corrected chi connectivity index (χ3v) is 2.26. The summed E-state index contributed by atoms with van der Waals surface area (Å²) in [5.74, 6) is 1.32. The molecule has 1 aromatic carbocycles. The van der Waals surface area contributed by atoms with Crippen LogP contribution in [0.15, 0.2) is 18.2 Å². The number of ether oxygens (including phenoxy) is 2. The molecule has 0 aromatic heterocycles. The van der Waals surface area contributed by atoms with Crippen LogP contribution in [0.25, 0.3) is 0 Å².